The van der Waals surface area contributed by atoms with E-state index in [0.717, 1.165) is 35.0 Å². The highest BCUT2D eigenvalue weighted by atomic mass is 79.9. The molecule has 3 atom stereocenters. The third-order valence-electron chi connectivity index (χ3n) is 6.63. The largest absolute Gasteiger partial charge is 0.486 e. The number of halogens is 1. The number of ether oxygens (including phenoxy) is 1. The highest BCUT2D eigenvalue weighted by Crippen LogP contribution is 2.27. The van der Waals surface area contributed by atoms with Crippen LogP contribution in [0.1, 0.15) is 61.1 Å². The second-order valence-corrected chi connectivity index (χ2v) is 10.6. The smallest absolute Gasteiger partial charge is 0.315 e. The summed E-state index contributed by atoms with van der Waals surface area (Å²) < 4.78 is 7.31. The van der Waals surface area contributed by atoms with Crippen molar-refractivity contribution in [1.29, 1.82) is 0 Å². The van der Waals surface area contributed by atoms with Gasteiger partial charge in [-0.25, -0.2) is 4.79 Å². The predicted molar refractivity (Wildman–Crippen MR) is 151 cm³/mol. The fourth-order valence-corrected chi connectivity index (χ4v) is 4.93. The van der Waals surface area contributed by atoms with E-state index in [1.807, 2.05) is 54.6 Å². The Bertz CT molecular complexity index is 1150. The molecule has 3 aromatic rings. The summed E-state index contributed by atoms with van der Waals surface area (Å²) >= 11 is 3.49. The molecule has 37 heavy (non-hydrogen) atoms. The van der Waals surface area contributed by atoms with Crippen LogP contribution in [0.25, 0.3) is 0 Å². The van der Waals surface area contributed by atoms with Crippen molar-refractivity contribution in [2.75, 3.05) is 11.9 Å². The van der Waals surface area contributed by atoms with Crippen molar-refractivity contribution in [2.45, 2.75) is 51.2 Å². The summed E-state index contributed by atoms with van der Waals surface area (Å²) in [5, 5.41) is 9.01. The highest BCUT2D eigenvalue weighted by molar-refractivity contribution is 9.10. The average Bonchev–Trinajstić information content (AvgIpc) is 2.89. The molecule has 1 fully saturated rings. The fourth-order valence-electron chi connectivity index (χ4n) is 4.66. The number of hydrogen-bond acceptors (Lipinski definition) is 3. The summed E-state index contributed by atoms with van der Waals surface area (Å²) in [6, 6.07) is 24.6. The van der Waals surface area contributed by atoms with Crippen molar-refractivity contribution in [1.82, 2.24) is 10.6 Å². The van der Waals surface area contributed by atoms with Crippen molar-refractivity contribution < 1.29 is 14.3 Å². The van der Waals surface area contributed by atoms with Crippen molar-refractivity contribution in [3.63, 3.8) is 0 Å². The van der Waals surface area contributed by atoms with Crippen molar-refractivity contribution in [2.24, 2.45) is 5.92 Å². The number of benzene rings is 3. The van der Waals surface area contributed by atoms with E-state index in [1.54, 1.807) is 24.3 Å². The molecule has 0 bridgehead atoms. The zero-order chi connectivity index (χ0) is 26.0. The lowest BCUT2D eigenvalue weighted by atomic mass is 9.87. The summed E-state index contributed by atoms with van der Waals surface area (Å²) in [7, 11) is 0. The van der Waals surface area contributed by atoms with Gasteiger partial charge in [-0.1, -0.05) is 66.0 Å². The van der Waals surface area contributed by atoms with Crippen LogP contribution >= 0.6 is 15.9 Å². The molecule has 6 nitrogen and oxygen atoms in total. The SMILES string of the molecule is CC1CCCC(NC(=O)NCCC(Oc2ccc(C(=O)Nc3ccccc3)cc2)c2ccc(Br)cc2)C1. The number of hydrogen-bond donors (Lipinski definition) is 3. The minimum absolute atomic E-state index is 0.123. The Hall–Kier alpha value is -3.32. The first-order valence-electron chi connectivity index (χ1n) is 12.9. The van der Waals surface area contributed by atoms with Gasteiger partial charge in [0, 0.05) is 34.7 Å². The first-order valence-corrected chi connectivity index (χ1v) is 13.7. The van der Waals surface area contributed by atoms with Gasteiger partial charge in [0.2, 0.25) is 0 Å². The predicted octanol–water partition coefficient (Wildman–Crippen LogP) is 7.09. The lowest BCUT2D eigenvalue weighted by molar-refractivity contribution is 0.102. The van der Waals surface area contributed by atoms with Crippen LogP contribution in [0.15, 0.2) is 83.3 Å². The molecule has 0 heterocycles. The number of nitrogens with one attached hydrogen (secondary N) is 3. The topological polar surface area (TPSA) is 79.5 Å². The maximum Gasteiger partial charge on any atom is 0.315 e. The van der Waals surface area contributed by atoms with E-state index in [2.05, 4.69) is 38.8 Å². The van der Waals surface area contributed by atoms with Gasteiger partial charge in [0.1, 0.15) is 11.9 Å². The normalized spacial score (nSPS) is 17.9. The molecule has 3 aromatic carbocycles. The quantitative estimate of drug-likeness (QED) is 0.260. The minimum Gasteiger partial charge on any atom is -0.486 e. The summed E-state index contributed by atoms with van der Waals surface area (Å²) in [5.74, 6) is 1.14. The molecule has 3 N–H and O–H groups in total. The van der Waals surface area contributed by atoms with Crippen LogP contribution in [-0.2, 0) is 0 Å². The van der Waals surface area contributed by atoms with E-state index in [-0.39, 0.29) is 24.1 Å². The van der Waals surface area contributed by atoms with Crippen molar-refractivity contribution in [3.05, 3.63) is 94.5 Å². The number of urea groups is 1. The summed E-state index contributed by atoms with van der Waals surface area (Å²) in [5.41, 5.74) is 2.31. The van der Waals surface area contributed by atoms with E-state index in [0.29, 0.717) is 30.2 Å². The van der Waals surface area contributed by atoms with Crippen molar-refractivity contribution in [3.8, 4) is 5.75 Å². The number of anilines is 1. The van der Waals surface area contributed by atoms with Crippen LogP contribution in [0, 0.1) is 5.92 Å². The Morgan fingerprint density at radius 1 is 0.973 bits per heavy atom. The molecule has 0 radical (unpaired) electrons. The van der Waals surface area contributed by atoms with Crippen LogP contribution < -0.4 is 20.7 Å². The molecule has 7 heteroatoms. The molecule has 4 rings (SSSR count). The van der Waals surface area contributed by atoms with E-state index < -0.39 is 0 Å². The summed E-state index contributed by atoms with van der Waals surface area (Å²) in [4.78, 5) is 25.0. The van der Waals surface area contributed by atoms with Gasteiger partial charge in [0.25, 0.3) is 5.91 Å². The van der Waals surface area contributed by atoms with Gasteiger partial charge in [-0.05, 0) is 72.9 Å². The Labute approximate surface area is 227 Å². The number of rotatable bonds is 9. The Morgan fingerprint density at radius 3 is 2.41 bits per heavy atom. The maximum atomic E-state index is 12.6. The molecular formula is C30H34BrN3O3. The molecule has 1 aliphatic carbocycles. The Morgan fingerprint density at radius 2 is 1.70 bits per heavy atom. The van der Waals surface area contributed by atoms with Crippen LogP contribution in [0.5, 0.6) is 5.75 Å². The summed E-state index contributed by atoms with van der Waals surface area (Å²) in [6.45, 7) is 2.72. The molecule has 0 saturated heterocycles. The Kier molecular flexibility index (Phi) is 9.60. The molecule has 0 spiro atoms. The lowest BCUT2D eigenvalue weighted by Crippen LogP contribution is -2.44. The summed E-state index contributed by atoms with van der Waals surface area (Å²) in [6.07, 6.45) is 4.83. The Balaban J connectivity index is 1.34. The van der Waals surface area contributed by atoms with Crippen LogP contribution in [0.2, 0.25) is 0 Å². The van der Waals surface area contributed by atoms with E-state index >= 15 is 0 Å². The van der Waals surface area contributed by atoms with E-state index in [1.165, 1.54) is 6.42 Å². The number of para-hydroxylation sites is 1. The zero-order valence-electron chi connectivity index (χ0n) is 21.1. The molecular weight excluding hydrogens is 530 g/mol. The fraction of sp³-hybridized carbons (Fsp3) is 0.333. The third kappa shape index (κ3) is 8.35. The van der Waals surface area contributed by atoms with E-state index in [9.17, 15) is 9.59 Å². The molecule has 3 amide bonds. The number of amides is 3. The van der Waals surface area contributed by atoms with Gasteiger partial charge in [0.15, 0.2) is 0 Å². The van der Waals surface area contributed by atoms with Gasteiger partial charge in [-0.2, -0.15) is 0 Å². The second-order valence-electron chi connectivity index (χ2n) is 9.66. The first kappa shape index (κ1) is 26.7. The molecule has 1 saturated carbocycles. The van der Waals surface area contributed by atoms with Crippen molar-refractivity contribution >= 4 is 33.6 Å². The highest BCUT2D eigenvalue weighted by Gasteiger charge is 2.21. The van der Waals surface area contributed by atoms with Crippen LogP contribution in [-0.4, -0.2) is 24.5 Å². The van der Waals surface area contributed by atoms with Gasteiger partial charge >= 0.3 is 6.03 Å². The molecule has 1 aliphatic rings. The minimum atomic E-state index is -0.257. The third-order valence-corrected chi connectivity index (χ3v) is 7.16. The zero-order valence-corrected chi connectivity index (χ0v) is 22.7. The van der Waals surface area contributed by atoms with Gasteiger partial charge in [-0.3, -0.25) is 4.79 Å². The van der Waals surface area contributed by atoms with Gasteiger partial charge in [-0.15, -0.1) is 0 Å². The molecule has 0 aromatic heterocycles. The maximum absolute atomic E-state index is 12.6. The van der Waals surface area contributed by atoms with Crippen LogP contribution in [0.3, 0.4) is 0 Å². The molecule has 194 valence electrons. The monoisotopic (exact) mass is 563 g/mol. The van der Waals surface area contributed by atoms with E-state index in [4.69, 9.17) is 4.74 Å². The first-order chi connectivity index (χ1) is 18.0. The lowest BCUT2D eigenvalue weighted by Gasteiger charge is -2.27. The molecule has 3 unspecified atom stereocenters. The van der Waals surface area contributed by atoms with Crippen LogP contribution in [0.4, 0.5) is 10.5 Å². The van der Waals surface area contributed by atoms with Gasteiger partial charge in [0.05, 0.1) is 0 Å². The molecule has 0 aliphatic heterocycles. The standard InChI is InChI=1S/C30H34BrN3O3/c1-21-6-5-9-26(20-21)34-30(36)32-19-18-28(22-10-14-24(31)15-11-22)37-27-16-12-23(13-17-27)29(35)33-25-7-3-2-4-8-25/h2-4,7-8,10-17,21,26,28H,5-6,9,18-20H2,1H3,(H,33,35)(H2,32,34,36). The number of carbonyl (C=O) groups is 2. The second kappa shape index (κ2) is 13.3. The van der Waals surface area contributed by atoms with Gasteiger partial charge < -0.3 is 20.7 Å². The number of carbonyl (C=O) groups excluding carboxylic acids is 2. The average molecular weight is 565 g/mol.